The summed E-state index contributed by atoms with van der Waals surface area (Å²) in [6.45, 7) is 14.8. The Bertz CT molecular complexity index is 1060. The lowest BCUT2D eigenvalue weighted by molar-refractivity contribution is -0.157. The highest BCUT2D eigenvalue weighted by Crippen LogP contribution is 2.14. The second kappa shape index (κ2) is 19.5. The zero-order chi connectivity index (χ0) is 32.5. The normalized spacial score (nSPS) is 15.2. The van der Waals surface area contributed by atoms with Gasteiger partial charge in [-0.15, -0.1) is 6.58 Å². The Kier molecular flexibility index (Phi) is 16.9. The molecule has 6 atom stereocenters. The fourth-order valence-corrected chi connectivity index (χ4v) is 4.38. The summed E-state index contributed by atoms with van der Waals surface area (Å²) in [5, 5.41) is 10.8. The number of benzene rings is 1. The molecule has 0 fully saturated rings. The zero-order valence-electron chi connectivity index (χ0n) is 26.6. The molecule has 0 heterocycles. The van der Waals surface area contributed by atoms with Crippen LogP contribution in [0.5, 0.6) is 0 Å². The van der Waals surface area contributed by atoms with E-state index in [4.69, 9.17) is 9.47 Å². The van der Waals surface area contributed by atoms with E-state index in [1.165, 1.54) is 6.92 Å². The fraction of sp³-hybridized carbons (Fsp3) is 0.594. The average molecular weight is 603 g/mol. The predicted octanol–water partition coefficient (Wildman–Crippen LogP) is 2.78. The van der Waals surface area contributed by atoms with Gasteiger partial charge in [-0.25, -0.2) is 4.79 Å². The predicted molar refractivity (Wildman–Crippen MR) is 164 cm³/mol. The average Bonchev–Trinajstić information content (AvgIpc) is 2.96. The maximum atomic E-state index is 13.7. The van der Waals surface area contributed by atoms with E-state index in [0.29, 0.717) is 19.3 Å². The molecule has 0 radical (unpaired) electrons. The van der Waals surface area contributed by atoms with Gasteiger partial charge in [0.1, 0.15) is 36.9 Å². The van der Waals surface area contributed by atoms with Crippen LogP contribution in [0.3, 0.4) is 0 Å². The molecule has 11 heteroatoms. The Labute approximate surface area is 255 Å². The number of esters is 2. The molecular formula is C32H50N4O7. The lowest BCUT2D eigenvalue weighted by atomic mass is 9.99. The summed E-state index contributed by atoms with van der Waals surface area (Å²) in [6.07, 6.45) is 0.987. The largest absolute Gasteiger partial charge is 0.459 e. The Morgan fingerprint density at radius 3 is 2.12 bits per heavy atom. The van der Waals surface area contributed by atoms with Gasteiger partial charge in [0, 0.05) is 0 Å². The van der Waals surface area contributed by atoms with E-state index in [1.54, 1.807) is 14.0 Å². The van der Waals surface area contributed by atoms with Crippen LogP contribution in [0.2, 0.25) is 0 Å². The molecule has 0 saturated heterocycles. The lowest BCUT2D eigenvalue weighted by Crippen LogP contribution is -2.60. The van der Waals surface area contributed by atoms with E-state index in [9.17, 15) is 24.0 Å². The van der Waals surface area contributed by atoms with Crippen LogP contribution in [0, 0.1) is 11.8 Å². The first-order valence-electron chi connectivity index (χ1n) is 14.9. The molecule has 11 nitrogen and oxygen atoms in total. The lowest BCUT2D eigenvalue weighted by Gasteiger charge is -2.30. The van der Waals surface area contributed by atoms with Crippen molar-refractivity contribution < 1.29 is 33.4 Å². The molecule has 1 unspecified atom stereocenters. The maximum absolute atomic E-state index is 13.7. The number of rotatable bonds is 20. The molecule has 0 bridgehead atoms. The van der Waals surface area contributed by atoms with Crippen molar-refractivity contribution in [2.24, 2.45) is 11.8 Å². The molecule has 43 heavy (non-hydrogen) atoms. The Hall–Kier alpha value is -3.73. The van der Waals surface area contributed by atoms with Crippen LogP contribution < -0.4 is 21.3 Å². The molecule has 0 aliphatic heterocycles. The fourth-order valence-electron chi connectivity index (χ4n) is 4.38. The minimum atomic E-state index is -1.37. The molecular weight excluding hydrogens is 552 g/mol. The van der Waals surface area contributed by atoms with Gasteiger partial charge >= 0.3 is 11.9 Å². The van der Waals surface area contributed by atoms with Gasteiger partial charge in [-0.05, 0) is 57.6 Å². The monoisotopic (exact) mass is 602 g/mol. The highest BCUT2D eigenvalue weighted by atomic mass is 16.5. The van der Waals surface area contributed by atoms with Crippen LogP contribution in [-0.4, -0.2) is 67.5 Å². The number of nitrogens with one attached hydrogen (secondary N) is 4. The highest BCUT2D eigenvalue weighted by molar-refractivity contribution is 5.93. The van der Waals surface area contributed by atoms with Gasteiger partial charge in [0.05, 0.1) is 0 Å². The van der Waals surface area contributed by atoms with E-state index in [-0.39, 0.29) is 31.3 Å². The molecule has 4 N–H and O–H groups in total. The second-order valence-corrected chi connectivity index (χ2v) is 11.4. The first-order chi connectivity index (χ1) is 20.3. The quantitative estimate of drug-likeness (QED) is 0.101. The summed E-state index contributed by atoms with van der Waals surface area (Å²) in [4.78, 5) is 64.3. The van der Waals surface area contributed by atoms with Gasteiger partial charge < -0.3 is 30.7 Å². The minimum absolute atomic E-state index is 0.0214. The third kappa shape index (κ3) is 13.4. The van der Waals surface area contributed by atoms with Gasteiger partial charge in [0.25, 0.3) is 0 Å². The maximum Gasteiger partial charge on any atom is 0.328 e. The van der Waals surface area contributed by atoms with Gasteiger partial charge in [-0.1, -0.05) is 70.0 Å². The van der Waals surface area contributed by atoms with Gasteiger partial charge in [0.15, 0.2) is 0 Å². The zero-order valence-corrected chi connectivity index (χ0v) is 26.6. The number of carbonyl (C=O) groups excluding carboxylic acids is 5. The standard InChI is InChI=1S/C32H50N4O7/c1-9-22(6)27(33-8)32(41)43-23(7)28(36-29(38)25(34-19-37)16-15-20(2)3)30(39)35-26(17-21(4)5)31(40)42-18-24-13-11-10-12-14-24/h10-14,19,21-23,25-28,33H,2,9,15-18H2,1,3-8H3,(H,34,37)(H,35,39)(H,36,38)/t22?,23-,25+,26+,27+,28+/m1/s1. The molecule has 240 valence electrons. The molecule has 0 aromatic heterocycles. The number of hydrogen-bond donors (Lipinski definition) is 4. The van der Waals surface area contributed by atoms with Crippen LogP contribution in [0.4, 0.5) is 0 Å². The summed E-state index contributed by atoms with van der Waals surface area (Å²) in [5.41, 5.74) is 1.61. The molecule has 1 aromatic carbocycles. The number of allylic oxidation sites excluding steroid dienone is 1. The first kappa shape index (κ1) is 37.3. The highest BCUT2D eigenvalue weighted by Gasteiger charge is 2.36. The molecule has 1 rings (SSSR count). The van der Waals surface area contributed by atoms with E-state index in [0.717, 1.165) is 11.1 Å². The van der Waals surface area contributed by atoms with Crippen LogP contribution >= 0.6 is 0 Å². The molecule has 3 amide bonds. The molecule has 0 spiro atoms. The molecule has 0 saturated carbocycles. The third-order valence-electron chi connectivity index (χ3n) is 7.11. The van der Waals surface area contributed by atoms with E-state index in [1.807, 2.05) is 58.0 Å². The summed E-state index contributed by atoms with van der Waals surface area (Å²) in [5.74, 6) is -2.62. The molecule has 0 aliphatic rings. The smallest absolute Gasteiger partial charge is 0.328 e. The van der Waals surface area contributed by atoms with E-state index in [2.05, 4.69) is 27.8 Å². The Morgan fingerprint density at radius 2 is 1.58 bits per heavy atom. The van der Waals surface area contributed by atoms with Crippen LogP contribution in [0.25, 0.3) is 0 Å². The van der Waals surface area contributed by atoms with Crippen molar-refractivity contribution in [1.82, 2.24) is 21.3 Å². The van der Waals surface area contributed by atoms with Crippen LogP contribution in [0.1, 0.15) is 72.8 Å². The number of carbonyl (C=O) groups is 5. The minimum Gasteiger partial charge on any atom is -0.459 e. The van der Waals surface area contributed by atoms with Crippen molar-refractivity contribution in [3.8, 4) is 0 Å². The van der Waals surface area contributed by atoms with Crippen molar-refractivity contribution in [2.75, 3.05) is 7.05 Å². The van der Waals surface area contributed by atoms with Crippen LogP contribution in [-0.2, 0) is 40.1 Å². The number of ether oxygens (including phenoxy) is 2. The SMILES string of the molecule is C=C(C)CC[C@H](NC=O)C(=O)N[C@H](C(=O)N[C@@H](CC(C)C)C(=O)OCc1ccccc1)[C@@H](C)OC(=O)[C@@H](NC)C(C)CC. The van der Waals surface area contributed by atoms with Gasteiger partial charge in [0.2, 0.25) is 18.2 Å². The van der Waals surface area contributed by atoms with Crippen molar-refractivity contribution in [3.63, 3.8) is 0 Å². The summed E-state index contributed by atoms with van der Waals surface area (Å²) in [7, 11) is 1.64. The summed E-state index contributed by atoms with van der Waals surface area (Å²) >= 11 is 0. The number of amides is 3. The second-order valence-electron chi connectivity index (χ2n) is 11.4. The van der Waals surface area contributed by atoms with E-state index >= 15 is 0 Å². The first-order valence-corrected chi connectivity index (χ1v) is 14.9. The molecule has 1 aromatic rings. The Morgan fingerprint density at radius 1 is 0.930 bits per heavy atom. The van der Waals surface area contributed by atoms with Crippen molar-refractivity contribution in [3.05, 3.63) is 48.0 Å². The number of hydrogen-bond acceptors (Lipinski definition) is 8. The topological polar surface area (TPSA) is 152 Å². The van der Waals surface area contributed by atoms with Gasteiger partial charge in [-0.2, -0.15) is 0 Å². The van der Waals surface area contributed by atoms with Crippen molar-refractivity contribution in [2.45, 2.75) is 104 Å². The third-order valence-corrected chi connectivity index (χ3v) is 7.11. The molecule has 0 aliphatic carbocycles. The van der Waals surface area contributed by atoms with E-state index < -0.39 is 54.0 Å². The number of likely N-dealkylation sites (N-methyl/N-ethyl adjacent to an activating group) is 1. The van der Waals surface area contributed by atoms with Gasteiger partial charge in [-0.3, -0.25) is 19.2 Å². The van der Waals surface area contributed by atoms with Crippen molar-refractivity contribution >= 4 is 30.2 Å². The van der Waals surface area contributed by atoms with Crippen LogP contribution in [0.15, 0.2) is 42.5 Å². The summed E-state index contributed by atoms with van der Waals surface area (Å²) < 4.78 is 11.2. The Balaban J connectivity index is 3.24. The van der Waals surface area contributed by atoms with Crippen molar-refractivity contribution in [1.29, 1.82) is 0 Å². The summed E-state index contributed by atoms with van der Waals surface area (Å²) in [6, 6.07) is 5.17.